The molecule has 1 amide bonds. The second-order valence-corrected chi connectivity index (χ2v) is 4.54. The summed E-state index contributed by atoms with van der Waals surface area (Å²) in [7, 11) is 0. The van der Waals surface area contributed by atoms with Gasteiger partial charge in [-0.2, -0.15) is 0 Å². The lowest BCUT2D eigenvalue weighted by molar-refractivity contribution is -0.118. The highest BCUT2D eigenvalue weighted by Crippen LogP contribution is 2.19. The number of anilines is 2. The van der Waals surface area contributed by atoms with Crippen LogP contribution in [-0.2, 0) is 4.79 Å². The predicted molar refractivity (Wildman–Crippen MR) is 77.6 cm³/mol. The van der Waals surface area contributed by atoms with E-state index in [1.54, 1.807) is 0 Å². The molecule has 1 aromatic carbocycles. The van der Waals surface area contributed by atoms with Crippen LogP contribution >= 0.6 is 0 Å². The van der Waals surface area contributed by atoms with Gasteiger partial charge < -0.3 is 10.6 Å². The number of unbranched alkanes of at least 4 members (excludes halogenated alkanes) is 3. The van der Waals surface area contributed by atoms with Crippen LogP contribution in [0.3, 0.4) is 0 Å². The fourth-order valence-electron chi connectivity index (χ4n) is 2.03. The van der Waals surface area contributed by atoms with Crippen LogP contribution in [0.4, 0.5) is 11.4 Å². The summed E-state index contributed by atoms with van der Waals surface area (Å²) in [6.45, 7) is 4.86. The van der Waals surface area contributed by atoms with Crippen molar-refractivity contribution in [3.8, 4) is 0 Å². The van der Waals surface area contributed by atoms with E-state index in [9.17, 15) is 4.79 Å². The molecule has 3 nitrogen and oxygen atoms in total. The zero-order valence-electron chi connectivity index (χ0n) is 11.5. The van der Waals surface area contributed by atoms with Gasteiger partial charge in [-0.3, -0.25) is 4.79 Å². The number of benzene rings is 1. The Bertz CT molecular complexity index is 377. The van der Waals surface area contributed by atoms with Crippen LogP contribution in [0.15, 0.2) is 24.3 Å². The zero-order chi connectivity index (χ0) is 13.4. The maximum atomic E-state index is 12.1. The second kappa shape index (κ2) is 7.75. The Morgan fingerprint density at radius 1 is 1.22 bits per heavy atom. The maximum Gasteiger partial charge on any atom is 0.226 e. The first kappa shape index (κ1) is 14.6. The monoisotopic (exact) mass is 248 g/mol. The van der Waals surface area contributed by atoms with E-state index in [0.717, 1.165) is 18.5 Å². The Kier molecular flexibility index (Phi) is 6.26. The number of hydrogen-bond acceptors (Lipinski definition) is 2. The van der Waals surface area contributed by atoms with Crippen molar-refractivity contribution in [2.45, 2.75) is 46.0 Å². The van der Waals surface area contributed by atoms with E-state index in [-0.39, 0.29) is 5.91 Å². The maximum absolute atomic E-state index is 12.1. The predicted octanol–water partition coefficient (Wildman–Crippen LogP) is 3.59. The summed E-state index contributed by atoms with van der Waals surface area (Å²) < 4.78 is 0. The van der Waals surface area contributed by atoms with Gasteiger partial charge in [-0.1, -0.05) is 32.3 Å². The third kappa shape index (κ3) is 4.40. The van der Waals surface area contributed by atoms with Crippen LogP contribution < -0.4 is 10.6 Å². The van der Waals surface area contributed by atoms with E-state index in [4.69, 9.17) is 5.73 Å². The Morgan fingerprint density at radius 2 is 2.00 bits per heavy atom. The molecule has 0 aromatic heterocycles. The molecule has 1 aromatic rings. The van der Waals surface area contributed by atoms with Gasteiger partial charge in [0.25, 0.3) is 0 Å². The van der Waals surface area contributed by atoms with Gasteiger partial charge in [0, 0.05) is 24.3 Å². The highest BCUT2D eigenvalue weighted by Gasteiger charge is 2.13. The fraction of sp³-hybridized carbons (Fsp3) is 0.533. The number of nitrogens with zero attached hydrogens (tertiary/aromatic N) is 1. The number of nitrogens with two attached hydrogens (primary N) is 1. The van der Waals surface area contributed by atoms with Crippen molar-refractivity contribution in [1.82, 2.24) is 0 Å². The summed E-state index contributed by atoms with van der Waals surface area (Å²) in [5.74, 6) is 0.194. The lowest BCUT2D eigenvalue weighted by Gasteiger charge is -2.21. The molecule has 0 spiro atoms. The van der Waals surface area contributed by atoms with Crippen LogP contribution in [-0.4, -0.2) is 12.5 Å². The first-order valence-corrected chi connectivity index (χ1v) is 6.85. The SMILES string of the molecule is CCCCCCC(=O)N(CC)c1cccc(N)c1. The van der Waals surface area contributed by atoms with Crippen molar-refractivity contribution in [3.63, 3.8) is 0 Å². The minimum Gasteiger partial charge on any atom is -0.399 e. The lowest BCUT2D eigenvalue weighted by atomic mass is 10.1. The summed E-state index contributed by atoms with van der Waals surface area (Å²) >= 11 is 0. The van der Waals surface area contributed by atoms with Crippen LogP contribution in [0.2, 0.25) is 0 Å². The van der Waals surface area contributed by atoms with Gasteiger partial charge in [-0.25, -0.2) is 0 Å². The van der Waals surface area contributed by atoms with E-state index in [0.29, 0.717) is 18.7 Å². The molecule has 0 saturated carbocycles. The second-order valence-electron chi connectivity index (χ2n) is 4.54. The Labute approximate surface area is 110 Å². The van der Waals surface area contributed by atoms with Gasteiger partial charge in [0.1, 0.15) is 0 Å². The molecule has 1 rings (SSSR count). The average molecular weight is 248 g/mol. The minimum atomic E-state index is 0.194. The van der Waals surface area contributed by atoms with E-state index < -0.39 is 0 Å². The first-order valence-electron chi connectivity index (χ1n) is 6.85. The van der Waals surface area contributed by atoms with Gasteiger partial charge in [-0.15, -0.1) is 0 Å². The van der Waals surface area contributed by atoms with Gasteiger partial charge in [0.15, 0.2) is 0 Å². The molecule has 3 heteroatoms. The molecular weight excluding hydrogens is 224 g/mol. The van der Waals surface area contributed by atoms with Crippen molar-refractivity contribution in [1.29, 1.82) is 0 Å². The molecule has 2 N–H and O–H groups in total. The van der Waals surface area contributed by atoms with Crippen LogP contribution in [0, 0.1) is 0 Å². The number of amides is 1. The van der Waals surface area contributed by atoms with E-state index in [1.807, 2.05) is 36.1 Å². The molecule has 0 aliphatic carbocycles. The first-order chi connectivity index (χ1) is 8.69. The number of hydrogen-bond donors (Lipinski definition) is 1. The van der Waals surface area contributed by atoms with Crippen LogP contribution in [0.5, 0.6) is 0 Å². The molecule has 0 aliphatic heterocycles. The van der Waals surface area contributed by atoms with Crippen molar-refractivity contribution in [3.05, 3.63) is 24.3 Å². The average Bonchev–Trinajstić information content (AvgIpc) is 2.36. The third-order valence-corrected chi connectivity index (χ3v) is 3.04. The number of carbonyl (C=O) groups excluding carboxylic acids is 1. The summed E-state index contributed by atoms with van der Waals surface area (Å²) in [4.78, 5) is 13.9. The van der Waals surface area contributed by atoms with Crippen LogP contribution in [0.1, 0.15) is 46.0 Å². The highest BCUT2D eigenvalue weighted by molar-refractivity contribution is 5.93. The summed E-state index contributed by atoms with van der Waals surface area (Å²) in [5.41, 5.74) is 7.35. The molecule has 0 heterocycles. The molecule has 0 bridgehead atoms. The Morgan fingerprint density at radius 3 is 2.61 bits per heavy atom. The van der Waals surface area contributed by atoms with Crippen LogP contribution in [0.25, 0.3) is 0 Å². The van der Waals surface area contributed by atoms with E-state index >= 15 is 0 Å². The Hall–Kier alpha value is -1.51. The summed E-state index contributed by atoms with van der Waals surface area (Å²) in [6.07, 6.45) is 5.14. The van der Waals surface area contributed by atoms with Crippen molar-refractivity contribution >= 4 is 17.3 Å². The topological polar surface area (TPSA) is 46.3 Å². The number of rotatable bonds is 7. The summed E-state index contributed by atoms with van der Waals surface area (Å²) in [6, 6.07) is 7.51. The molecule has 18 heavy (non-hydrogen) atoms. The molecular formula is C15H24N2O. The standard InChI is InChI=1S/C15H24N2O/c1-3-5-6-7-11-15(18)17(4-2)14-10-8-9-13(16)12-14/h8-10,12H,3-7,11,16H2,1-2H3. The molecule has 0 fully saturated rings. The molecule has 0 radical (unpaired) electrons. The molecule has 0 atom stereocenters. The molecule has 0 aliphatic rings. The van der Waals surface area contributed by atoms with Gasteiger partial charge in [-0.05, 0) is 31.5 Å². The zero-order valence-corrected chi connectivity index (χ0v) is 11.5. The highest BCUT2D eigenvalue weighted by atomic mass is 16.2. The molecule has 100 valence electrons. The van der Waals surface area contributed by atoms with Gasteiger partial charge in [0.05, 0.1) is 0 Å². The van der Waals surface area contributed by atoms with E-state index in [1.165, 1.54) is 12.8 Å². The number of carbonyl (C=O) groups is 1. The third-order valence-electron chi connectivity index (χ3n) is 3.04. The van der Waals surface area contributed by atoms with Crippen molar-refractivity contribution < 1.29 is 4.79 Å². The normalized spacial score (nSPS) is 10.3. The van der Waals surface area contributed by atoms with Crippen molar-refractivity contribution in [2.24, 2.45) is 0 Å². The largest absolute Gasteiger partial charge is 0.399 e. The van der Waals surface area contributed by atoms with E-state index in [2.05, 4.69) is 6.92 Å². The van der Waals surface area contributed by atoms with Gasteiger partial charge >= 0.3 is 0 Å². The Balaban J connectivity index is 2.57. The molecule has 0 saturated heterocycles. The molecule has 0 unspecified atom stereocenters. The number of nitrogen functional groups attached to an aromatic ring is 1. The fourth-order valence-corrected chi connectivity index (χ4v) is 2.03. The smallest absolute Gasteiger partial charge is 0.226 e. The summed E-state index contributed by atoms with van der Waals surface area (Å²) in [5, 5.41) is 0. The van der Waals surface area contributed by atoms with Crippen molar-refractivity contribution in [2.75, 3.05) is 17.2 Å². The lowest BCUT2D eigenvalue weighted by Crippen LogP contribution is -2.30. The minimum absolute atomic E-state index is 0.194. The quantitative estimate of drug-likeness (QED) is 0.592. The van der Waals surface area contributed by atoms with Gasteiger partial charge in [0.2, 0.25) is 5.91 Å².